The molecular weight excluding hydrogens is 344 g/mol. The van der Waals surface area contributed by atoms with Crippen molar-refractivity contribution in [3.63, 3.8) is 0 Å². The summed E-state index contributed by atoms with van der Waals surface area (Å²) >= 11 is 5.55. The van der Waals surface area contributed by atoms with Crippen LogP contribution < -0.4 is 0 Å². The number of carbonyl (C=O) groups is 1. The van der Waals surface area contributed by atoms with E-state index in [0.717, 1.165) is 17.8 Å². The number of rotatable bonds is 1. The Hall–Kier alpha value is -1.80. The van der Waals surface area contributed by atoms with Crippen LogP contribution in [-0.2, 0) is 26.8 Å². The largest absolute Gasteiger partial charge is 0.477 e. The Labute approximate surface area is 160 Å². The number of allylic oxidation sites excluding steroid dienone is 3. The average molecular weight is 369 g/mol. The highest BCUT2D eigenvalue weighted by Gasteiger charge is 2.37. The summed E-state index contributed by atoms with van der Waals surface area (Å²) in [6.45, 7) is 9.41. The second-order valence-electron chi connectivity index (χ2n) is 8.97. The topological polar surface area (TPSA) is 26.3 Å². The number of halogens is 1. The van der Waals surface area contributed by atoms with Gasteiger partial charge in [0.15, 0.2) is 6.10 Å². The fraction of sp³-hybridized carbons (Fsp3) is 0.435. The van der Waals surface area contributed by atoms with Gasteiger partial charge in [-0.3, -0.25) is 4.79 Å². The van der Waals surface area contributed by atoms with E-state index in [4.69, 9.17) is 16.3 Å². The van der Waals surface area contributed by atoms with Crippen LogP contribution in [0.2, 0.25) is 0 Å². The van der Waals surface area contributed by atoms with Gasteiger partial charge in [0.1, 0.15) is 5.76 Å². The van der Waals surface area contributed by atoms with Crippen LogP contribution in [0.25, 0.3) is 6.08 Å². The molecular formula is C23H25ClO2. The van der Waals surface area contributed by atoms with Gasteiger partial charge in [-0.15, -0.1) is 0 Å². The Morgan fingerprint density at radius 2 is 1.69 bits per heavy atom. The molecule has 0 saturated heterocycles. The van der Waals surface area contributed by atoms with E-state index in [1.54, 1.807) is 6.08 Å². The van der Waals surface area contributed by atoms with E-state index in [9.17, 15) is 4.79 Å². The molecule has 1 aromatic carbocycles. The van der Waals surface area contributed by atoms with Gasteiger partial charge >= 0.3 is 0 Å². The van der Waals surface area contributed by atoms with Gasteiger partial charge in [0, 0.05) is 6.42 Å². The third kappa shape index (κ3) is 2.85. The van der Waals surface area contributed by atoms with Gasteiger partial charge in [-0.05, 0) is 75.3 Å². The van der Waals surface area contributed by atoms with Crippen LogP contribution in [-0.4, -0.2) is 11.3 Å². The first kappa shape index (κ1) is 17.6. The first-order chi connectivity index (χ1) is 12.2. The third-order valence-corrected chi connectivity index (χ3v) is 6.39. The lowest BCUT2D eigenvalue weighted by Crippen LogP contribution is -2.34. The summed E-state index contributed by atoms with van der Waals surface area (Å²) in [5.74, 6) is 0.753. The van der Waals surface area contributed by atoms with Gasteiger partial charge in [-0.2, -0.15) is 0 Å². The van der Waals surface area contributed by atoms with Crippen molar-refractivity contribution in [3.8, 4) is 0 Å². The molecule has 0 aromatic heterocycles. The minimum absolute atomic E-state index is 0.203. The molecule has 0 spiro atoms. The zero-order valence-corrected chi connectivity index (χ0v) is 16.6. The molecule has 0 saturated carbocycles. The lowest BCUT2D eigenvalue weighted by atomic mass is 9.62. The van der Waals surface area contributed by atoms with Crippen molar-refractivity contribution in [3.05, 3.63) is 63.9 Å². The molecule has 0 amide bonds. The van der Waals surface area contributed by atoms with Crippen molar-refractivity contribution in [1.29, 1.82) is 0 Å². The molecule has 4 rings (SSSR count). The summed E-state index contributed by atoms with van der Waals surface area (Å²) in [5.41, 5.74) is 7.11. The third-order valence-electron chi connectivity index (χ3n) is 6.17. The van der Waals surface area contributed by atoms with Gasteiger partial charge in [0.25, 0.3) is 5.24 Å². The normalized spacial score (nSPS) is 27.7. The minimum Gasteiger partial charge on any atom is -0.477 e. The summed E-state index contributed by atoms with van der Waals surface area (Å²) in [5, 5.41) is -0.477. The summed E-state index contributed by atoms with van der Waals surface area (Å²) in [7, 11) is 0. The summed E-state index contributed by atoms with van der Waals surface area (Å²) < 4.78 is 5.70. The fourth-order valence-electron chi connectivity index (χ4n) is 4.30. The Bertz CT molecular complexity index is 884. The van der Waals surface area contributed by atoms with Crippen LogP contribution in [0.1, 0.15) is 62.8 Å². The van der Waals surface area contributed by atoms with Crippen molar-refractivity contribution < 1.29 is 9.53 Å². The predicted octanol–water partition coefficient (Wildman–Crippen LogP) is 5.58. The van der Waals surface area contributed by atoms with Crippen molar-refractivity contribution in [1.82, 2.24) is 0 Å². The predicted molar refractivity (Wildman–Crippen MR) is 106 cm³/mol. The van der Waals surface area contributed by atoms with Gasteiger partial charge in [0.05, 0.1) is 0 Å². The molecule has 2 aliphatic carbocycles. The highest BCUT2D eigenvalue weighted by atomic mass is 35.5. The maximum absolute atomic E-state index is 11.3. The molecule has 1 unspecified atom stereocenters. The van der Waals surface area contributed by atoms with Crippen LogP contribution >= 0.6 is 11.6 Å². The zero-order valence-electron chi connectivity index (χ0n) is 15.9. The van der Waals surface area contributed by atoms with E-state index in [-0.39, 0.29) is 10.8 Å². The number of hydrogen-bond donors (Lipinski definition) is 0. The molecule has 0 bridgehead atoms. The van der Waals surface area contributed by atoms with Gasteiger partial charge in [0.2, 0.25) is 0 Å². The van der Waals surface area contributed by atoms with Crippen LogP contribution in [0.4, 0.5) is 0 Å². The lowest BCUT2D eigenvalue weighted by molar-refractivity contribution is -0.117. The van der Waals surface area contributed by atoms with Crippen LogP contribution in [0, 0.1) is 0 Å². The molecule has 2 nitrogen and oxygen atoms in total. The minimum atomic E-state index is -0.655. The van der Waals surface area contributed by atoms with Crippen molar-refractivity contribution >= 4 is 22.9 Å². The number of carbonyl (C=O) groups excluding carboxylic acids is 1. The quantitative estimate of drug-likeness (QED) is 0.605. The molecule has 3 heteroatoms. The molecule has 1 aliphatic heterocycles. The monoisotopic (exact) mass is 368 g/mol. The van der Waals surface area contributed by atoms with Gasteiger partial charge in [-0.25, -0.2) is 0 Å². The first-order valence-corrected chi connectivity index (χ1v) is 9.68. The van der Waals surface area contributed by atoms with Gasteiger partial charge < -0.3 is 4.74 Å². The Balaban J connectivity index is 1.74. The first-order valence-electron chi connectivity index (χ1n) is 9.31. The molecule has 1 aromatic rings. The smallest absolute Gasteiger partial charge is 0.266 e. The van der Waals surface area contributed by atoms with Crippen molar-refractivity contribution in [2.45, 2.75) is 63.9 Å². The second-order valence-corrected chi connectivity index (χ2v) is 9.34. The highest BCUT2D eigenvalue weighted by Crippen LogP contribution is 2.47. The number of benzene rings is 1. The molecule has 1 atom stereocenters. The molecule has 136 valence electrons. The Morgan fingerprint density at radius 3 is 2.31 bits per heavy atom. The fourth-order valence-corrected chi connectivity index (χ4v) is 4.42. The van der Waals surface area contributed by atoms with E-state index in [0.29, 0.717) is 0 Å². The van der Waals surface area contributed by atoms with E-state index in [2.05, 4.69) is 52.0 Å². The van der Waals surface area contributed by atoms with Crippen LogP contribution in [0.3, 0.4) is 0 Å². The van der Waals surface area contributed by atoms with Gasteiger partial charge in [-0.1, -0.05) is 52.0 Å². The lowest BCUT2D eigenvalue weighted by Gasteiger charge is -2.42. The van der Waals surface area contributed by atoms with E-state index < -0.39 is 11.3 Å². The number of fused-ring (bicyclic) bond motifs is 2. The van der Waals surface area contributed by atoms with E-state index in [1.807, 2.05) is 6.08 Å². The Kier molecular flexibility index (Phi) is 3.96. The molecule has 1 heterocycles. The van der Waals surface area contributed by atoms with Crippen molar-refractivity contribution in [2.24, 2.45) is 0 Å². The molecule has 3 aliphatic rings. The SMILES string of the molecule is CC1(C)CCC(C)(C)c2cc3c(cc21)C=CC(=C1C=CC(C(=O)Cl)O1)C3. The molecule has 0 N–H and O–H groups in total. The van der Waals surface area contributed by atoms with Crippen LogP contribution in [0.5, 0.6) is 0 Å². The standard InChI is InChI=1S/C23H25ClO2/c1-22(2)9-10-23(3,4)18-13-16-11-15(6-5-14(16)12-17(18)22)19-7-8-20(26-19)21(24)25/h5-8,12-13,20H,9-11H2,1-4H3. The number of ether oxygens (including phenoxy) is 1. The zero-order chi connectivity index (χ0) is 18.7. The van der Waals surface area contributed by atoms with E-state index >= 15 is 0 Å². The van der Waals surface area contributed by atoms with E-state index in [1.165, 1.54) is 35.1 Å². The highest BCUT2D eigenvalue weighted by molar-refractivity contribution is 6.64. The molecule has 0 radical (unpaired) electrons. The summed E-state index contributed by atoms with van der Waals surface area (Å²) in [6.07, 6.45) is 10.5. The second kappa shape index (κ2) is 5.85. The van der Waals surface area contributed by atoms with Crippen LogP contribution in [0.15, 0.2) is 41.7 Å². The molecule has 26 heavy (non-hydrogen) atoms. The summed E-state index contributed by atoms with van der Waals surface area (Å²) in [4.78, 5) is 11.3. The molecule has 0 fully saturated rings. The average Bonchev–Trinajstić information content (AvgIpc) is 3.08. The number of hydrogen-bond acceptors (Lipinski definition) is 2. The maximum Gasteiger partial charge on any atom is 0.266 e. The Morgan fingerprint density at radius 1 is 1.04 bits per heavy atom. The summed E-state index contributed by atoms with van der Waals surface area (Å²) in [6, 6.07) is 4.79. The maximum atomic E-state index is 11.3. The van der Waals surface area contributed by atoms with Crippen molar-refractivity contribution in [2.75, 3.05) is 0 Å².